The van der Waals surface area contributed by atoms with Crippen LogP contribution in [-0.2, 0) is 11.0 Å². The first kappa shape index (κ1) is 16.8. The van der Waals surface area contributed by atoms with Crippen molar-refractivity contribution in [1.82, 2.24) is 10.2 Å². The Kier molecular flexibility index (Phi) is 5.07. The van der Waals surface area contributed by atoms with E-state index in [4.69, 9.17) is 0 Å². The van der Waals surface area contributed by atoms with E-state index in [1.807, 2.05) is 6.92 Å². The van der Waals surface area contributed by atoms with Gasteiger partial charge in [0.15, 0.2) is 4.34 Å². The summed E-state index contributed by atoms with van der Waals surface area (Å²) in [5.41, 5.74) is -0.434. The number of aryl methyl sites for hydroxylation is 1. The maximum Gasteiger partial charge on any atom is 0.416 e. The number of rotatable bonds is 4. The summed E-state index contributed by atoms with van der Waals surface area (Å²) in [6, 6.07) is 4.32. The van der Waals surface area contributed by atoms with Crippen LogP contribution in [0.1, 0.15) is 17.5 Å². The fourth-order valence-electron chi connectivity index (χ4n) is 1.52. The minimum Gasteiger partial charge on any atom is -0.325 e. The zero-order chi connectivity index (χ0) is 16.3. The number of carbonyl (C=O) groups excluding carboxylic acids is 1. The topological polar surface area (TPSA) is 54.9 Å². The molecule has 0 radical (unpaired) electrons. The Morgan fingerprint density at radius 1 is 1.27 bits per heavy atom. The summed E-state index contributed by atoms with van der Waals surface area (Å²) in [6.45, 7) is 3.51. The molecule has 0 fully saturated rings. The molecule has 0 saturated carbocycles. The third-order valence-electron chi connectivity index (χ3n) is 2.63. The molecule has 1 unspecified atom stereocenters. The third kappa shape index (κ3) is 4.44. The van der Waals surface area contributed by atoms with Crippen LogP contribution in [-0.4, -0.2) is 21.4 Å². The normalized spacial score (nSPS) is 13.0. The van der Waals surface area contributed by atoms with E-state index in [0.717, 1.165) is 17.1 Å². The van der Waals surface area contributed by atoms with Crippen molar-refractivity contribution < 1.29 is 18.0 Å². The number of carbonyl (C=O) groups is 1. The number of hydrogen-bond donors (Lipinski definition) is 1. The molecule has 1 amide bonds. The highest BCUT2D eigenvalue weighted by atomic mass is 32.2. The smallest absolute Gasteiger partial charge is 0.325 e. The Morgan fingerprint density at radius 2 is 1.91 bits per heavy atom. The van der Waals surface area contributed by atoms with Crippen LogP contribution < -0.4 is 5.32 Å². The SMILES string of the molecule is Cc1nnc(SC(C)C(=O)Nc2ccc(C(F)(F)F)cc2)s1. The lowest BCUT2D eigenvalue weighted by Crippen LogP contribution is -2.22. The lowest BCUT2D eigenvalue weighted by molar-refractivity contribution is -0.137. The lowest BCUT2D eigenvalue weighted by Gasteiger charge is -2.11. The fourth-order valence-corrected chi connectivity index (χ4v) is 3.48. The van der Waals surface area contributed by atoms with Crippen LogP contribution in [0.25, 0.3) is 0 Å². The molecule has 4 nitrogen and oxygen atoms in total. The van der Waals surface area contributed by atoms with Crippen molar-refractivity contribution >= 4 is 34.7 Å². The Hall–Kier alpha value is -1.61. The predicted molar refractivity (Wildman–Crippen MR) is 80.0 cm³/mol. The van der Waals surface area contributed by atoms with Gasteiger partial charge >= 0.3 is 6.18 Å². The summed E-state index contributed by atoms with van der Waals surface area (Å²) in [7, 11) is 0. The Labute approximate surface area is 133 Å². The molecule has 0 saturated heterocycles. The summed E-state index contributed by atoms with van der Waals surface area (Å²) in [6.07, 6.45) is -4.39. The summed E-state index contributed by atoms with van der Waals surface area (Å²) in [5.74, 6) is -0.308. The molecule has 1 aromatic heterocycles. The highest BCUT2D eigenvalue weighted by Gasteiger charge is 2.30. The molecule has 1 atom stereocenters. The van der Waals surface area contributed by atoms with E-state index in [1.165, 1.54) is 35.2 Å². The number of alkyl halides is 3. The van der Waals surface area contributed by atoms with E-state index in [1.54, 1.807) is 6.92 Å². The van der Waals surface area contributed by atoms with Crippen LogP contribution in [0.3, 0.4) is 0 Å². The molecule has 1 aromatic carbocycles. The van der Waals surface area contributed by atoms with E-state index >= 15 is 0 Å². The van der Waals surface area contributed by atoms with Gasteiger partial charge in [-0.05, 0) is 38.1 Å². The number of nitrogens with one attached hydrogen (secondary N) is 1. The highest BCUT2D eigenvalue weighted by Crippen LogP contribution is 2.30. The Morgan fingerprint density at radius 3 is 2.41 bits per heavy atom. The zero-order valence-corrected chi connectivity index (χ0v) is 13.3. The van der Waals surface area contributed by atoms with Gasteiger partial charge in [0.25, 0.3) is 0 Å². The van der Waals surface area contributed by atoms with Crippen LogP contribution in [0.5, 0.6) is 0 Å². The lowest BCUT2D eigenvalue weighted by atomic mass is 10.2. The molecule has 118 valence electrons. The van der Waals surface area contributed by atoms with Crippen LogP contribution >= 0.6 is 23.1 Å². The number of nitrogens with zero attached hydrogens (tertiary/aromatic N) is 2. The number of thioether (sulfide) groups is 1. The predicted octanol–water partition coefficient (Wildman–Crippen LogP) is 3.98. The standard InChI is InChI=1S/C13H12F3N3OS2/c1-7(21-12-19-18-8(2)22-12)11(20)17-10-5-3-9(4-6-10)13(14,15)16/h3-7H,1-2H3,(H,17,20). The quantitative estimate of drug-likeness (QED) is 0.850. The molecule has 1 N–H and O–H groups in total. The first-order chi connectivity index (χ1) is 10.3. The highest BCUT2D eigenvalue weighted by molar-refractivity contribution is 8.02. The van der Waals surface area contributed by atoms with E-state index < -0.39 is 17.0 Å². The number of aromatic nitrogens is 2. The number of hydrogen-bond acceptors (Lipinski definition) is 5. The van der Waals surface area contributed by atoms with Gasteiger partial charge in [-0.25, -0.2) is 0 Å². The van der Waals surface area contributed by atoms with Crippen molar-refractivity contribution in [2.45, 2.75) is 29.6 Å². The molecule has 2 rings (SSSR count). The van der Waals surface area contributed by atoms with Crippen molar-refractivity contribution in [3.63, 3.8) is 0 Å². The molecule has 0 aliphatic carbocycles. The van der Waals surface area contributed by atoms with Crippen LogP contribution in [0.2, 0.25) is 0 Å². The summed E-state index contributed by atoms with van der Waals surface area (Å²) >= 11 is 2.63. The van der Waals surface area contributed by atoms with E-state index in [0.29, 0.717) is 10.0 Å². The minimum absolute atomic E-state index is 0.308. The van der Waals surface area contributed by atoms with E-state index in [2.05, 4.69) is 15.5 Å². The molecule has 1 heterocycles. The number of amides is 1. The summed E-state index contributed by atoms with van der Waals surface area (Å²) in [4.78, 5) is 12.0. The number of halogens is 3. The van der Waals surface area contributed by atoms with Crippen molar-refractivity contribution in [2.75, 3.05) is 5.32 Å². The van der Waals surface area contributed by atoms with Gasteiger partial charge in [-0.2, -0.15) is 13.2 Å². The molecule has 0 aliphatic heterocycles. The van der Waals surface area contributed by atoms with E-state index in [9.17, 15) is 18.0 Å². The van der Waals surface area contributed by atoms with Crippen LogP contribution in [0.15, 0.2) is 28.6 Å². The zero-order valence-electron chi connectivity index (χ0n) is 11.6. The number of benzene rings is 1. The van der Waals surface area contributed by atoms with Crippen molar-refractivity contribution in [1.29, 1.82) is 0 Å². The monoisotopic (exact) mass is 347 g/mol. The van der Waals surface area contributed by atoms with Crippen molar-refractivity contribution in [3.8, 4) is 0 Å². The number of anilines is 1. The third-order valence-corrected chi connectivity index (χ3v) is 4.66. The van der Waals surface area contributed by atoms with Gasteiger partial charge in [0.05, 0.1) is 10.8 Å². The second-order valence-corrected chi connectivity index (χ2v) is 7.18. The average Bonchev–Trinajstić information content (AvgIpc) is 2.83. The van der Waals surface area contributed by atoms with Gasteiger partial charge in [0.1, 0.15) is 5.01 Å². The first-order valence-electron chi connectivity index (χ1n) is 6.20. The van der Waals surface area contributed by atoms with Crippen molar-refractivity contribution in [3.05, 3.63) is 34.8 Å². The van der Waals surface area contributed by atoms with Gasteiger partial charge < -0.3 is 5.32 Å². The second-order valence-electron chi connectivity index (χ2n) is 4.41. The molecule has 0 spiro atoms. The largest absolute Gasteiger partial charge is 0.416 e. The van der Waals surface area contributed by atoms with Gasteiger partial charge in [-0.15, -0.1) is 10.2 Å². The van der Waals surface area contributed by atoms with Crippen molar-refractivity contribution in [2.24, 2.45) is 0 Å². The van der Waals surface area contributed by atoms with Crippen LogP contribution in [0, 0.1) is 6.92 Å². The molecule has 0 aliphatic rings. The molecule has 0 bridgehead atoms. The van der Waals surface area contributed by atoms with Gasteiger partial charge in [0.2, 0.25) is 5.91 Å². The average molecular weight is 347 g/mol. The molecule has 9 heteroatoms. The van der Waals surface area contributed by atoms with Gasteiger partial charge in [-0.3, -0.25) is 4.79 Å². The molecule has 2 aromatic rings. The van der Waals surface area contributed by atoms with Gasteiger partial charge in [-0.1, -0.05) is 23.1 Å². The fraction of sp³-hybridized carbons (Fsp3) is 0.308. The molecule has 22 heavy (non-hydrogen) atoms. The van der Waals surface area contributed by atoms with Gasteiger partial charge in [0, 0.05) is 5.69 Å². The summed E-state index contributed by atoms with van der Waals surface area (Å²) < 4.78 is 38.0. The molecular weight excluding hydrogens is 335 g/mol. The second kappa shape index (κ2) is 6.66. The van der Waals surface area contributed by atoms with Crippen LogP contribution in [0.4, 0.5) is 18.9 Å². The Balaban J connectivity index is 1.96. The maximum absolute atomic E-state index is 12.5. The minimum atomic E-state index is -4.39. The van der Waals surface area contributed by atoms with E-state index in [-0.39, 0.29) is 5.91 Å². The first-order valence-corrected chi connectivity index (χ1v) is 7.90. The summed E-state index contributed by atoms with van der Waals surface area (Å²) in [5, 5.41) is 10.7. The maximum atomic E-state index is 12.5. The molecular formula is C13H12F3N3OS2. The Bertz CT molecular complexity index is 655.